The Kier molecular flexibility index (Phi) is 2.57. The van der Waals surface area contributed by atoms with Crippen molar-refractivity contribution in [3.05, 3.63) is 70.9 Å². The van der Waals surface area contributed by atoms with Crippen LogP contribution in [0.5, 0.6) is 0 Å². The number of hydrogen-bond donors (Lipinski definition) is 0. The standard InChI is InChI=1S/C15H10O3/c16-11-1-3-12-5-7-14(17-12)9-10-15-8-6-13(18-15)4-2-11/h1-10H. The molecule has 0 saturated carbocycles. The largest absolute Gasteiger partial charge is 0.457 e. The van der Waals surface area contributed by atoms with Gasteiger partial charge in [0.05, 0.1) is 0 Å². The first-order chi connectivity index (χ1) is 8.79. The van der Waals surface area contributed by atoms with Crippen molar-refractivity contribution in [3.8, 4) is 0 Å². The molecule has 0 aromatic carbocycles. The molecule has 0 aliphatic heterocycles. The average Bonchev–Trinajstić information content (AvgIpc) is 3.00. The first kappa shape index (κ1) is 10.6. The van der Waals surface area contributed by atoms with E-state index in [0.717, 1.165) is 0 Å². The quantitative estimate of drug-likeness (QED) is 0.600. The molecule has 0 spiro atoms. The lowest BCUT2D eigenvalue weighted by atomic mass is 10.4. The number of hydrogen-bond acceptors (Lipinski definition) is 3. The van der Waals surface area contributed by atoms with E-state index in [1.807, 2.05) is 36.4 Å². The molecule has 3 aromatic rings. The molecule has 18 heavy (non-hydrogen) atoms. The van der Waals surface area contributed by atoms with Gasteiger partial charge in [-0.1, -0.05) is 0 Å². The molecule has 3 nitrogen and oxygen atoms in total. The van der Waals surface area contributed by atoms with Gasteiger partial charge in [-0.25, -0.2) is 0 Å². The van der Waals surface area contributed by atoms with E-state index in [-0.39, 0.29) is 5.43 Å². The topological polar surface area (TPSA) is 43.4 Å². The van der Waals surface area contributed by atoms with Gasteiger partial charge in [0.25, 0.3) is 0 Å². The van der Waals surface area contributed by atoms with Crippen LogP contribution >= 0.6 is 0 Å². The Morgan fingerprint density at radius 3 is 1.11 bits per heavy atom. The van der Waals surface area contributed by atoms with Crippen molar-refractivity contribution < 1.29 is 8.83 Å². The smallest absolute Gasteiger partial charge is 0.178 e. The highest BCUT2D eigenvalue weighted by molar-refractivity contribution is 5.57. The second-order valence-corrected chi connectivity index (χ2v) is 3.88. The van der Waals surface area contributed by atoms with Crippen LogP contribution < -0.4 is 5.43 Å². The molecule has 0 amide bonds. The molecule has 0 radical (unpaired) electrons. The SMILES string of the molecule is O=c1ccc2ccc(ccc3ccc(cc1)o3)o2. The predicted octanol–water partition coefficient (Wildman–Crippen LogP) is 3.66. The highest BCUT2D eigenvalue weighted by atomic mass is 16.3. The van der Waals surface area contributed by atoms with Crippen molar-refractivity contribution in [1.82, 2.24) is 0 Å². The molecule has 3 aromatic heterocycles. The average molecular weight is 238 g/mol. The lowest BCUT2D eigenvalue weighted by Crippen LogP contribution is -1.88. The summed E-state index contributed by atoms with van der Waals surface area (Å²) in [6.07, 6.45) is 0. The molecule has 0 fully saturated rings. The van der Waals surface area contributed by atoms with Crippen molar-refractivity contribution in [2.45, 2.75) is 0 Å². The number of rotatable bonds is 0. The molecule has 0 aliphatic carbocycles. The summed E-state index contributed by atoms with van der Waals surface area (Å²) in [5, 5.41) is 0. The molecule has 0 saturated heterocycles. The summed E-state index contributed by atoms with van der Waals surface area (Å²) in [4.78, 5) is 11.5. The van der Waals surface area contributed by atoms with Crippen molar-refractivity contribution in [2.24, 2.45) is 0 Å². The molecule has 88 valence electrons. The maximum Gasteiger partial charge on any atom is 0.178 e. The minimum absolute atomic E-state index is 0.113. The summed E-state index contributed by atoms with van der Waals surface area (Å²) in [5.74, 6) is 0. The number of furan rings is 2. The van der Waals surface area contributed by atoms with Crippen LogP contribution in [0.15, 0.2) is 74.3 Å². The van der Waals surface area contributed by atoms with Crippen LogP contribution in [0.4, 0.5) is 0 Å². The first-order valence-electron chi connectivity index (χ1n) is 5.57. The monoisotopic (exact) mass is 238 g/mol. The second kappa shape index (κ2) is 4.37. The van der Waals surface area contributed by atoms with Crippen LogP contribution in [-0.4, -0.2) is 0 Å². The molecular formula is C15H10O3. The lowest BCUT2D eigenvalue weighted by Gasteiger charge is -1.77. The summed E-state index contributed by atoms with van der Waals surface area (Å²) in [7, 11) is 0. The second-order valence-electron chi connectivity index (χ2n) is 3.88. The Balaban J connectivity index is 2.39. The van der Waals surface area contributed by atoms with E-state index in [4.69, 9.17) is 8.83 Å². The number of fused-ring (bicyclic) bond motifs is 4. The van der Waals surface area contributed by atoms with Crippen LogP contribution in [0.3, 0.4) is 0 Å². The summed E-state index contributed by atoms with van der Waals surface area (Å²) < 4.78 is 11.0. The fraction of sp³-hybridized carbons (Fsp3) is 0. The van der Waals surface area contributed by atoms with Crippen LogP contribution in [0.1, 0.15) is 0 Å². The minimum Gasteiger partial charge on any atom is -0.457 e. The Labute approximate surface area is 103 Å². The van der Waals surface area contributed by atoms with Crippen molar-refractivity contribution in [2.75, 3.05) is 0 Å². The van der Waals surface area contributed by atoms with Crippen LogP contribution in [0.25, 0.3) is 22.3 Å². The Morgan fingerprint density at radius 2 is 0.778 bits per heavy atom. The van der Waals surface area contributed by atoms with Crippen LogP contribution in [0, 0.1) is 0 Å². The third-order valence-electron chi connectivity index (χ3n) is 2.53. The summed E-state index contributed by atoms with van der Waals surface area (Å²) in [6, 6.07) is 17.2. The van der Waals surface area contributed by atoms with Gasteiger partial charge in [-0.05, 0) is 60.7 Å². The molecule has 0 aliphatic rings. The Hall–Kier alpha value is -2.55. The van der Waals surface area contributed by atoms with E-state index in [2.05, 4.69) is 0 Å². The van der Waals surface area contributed by atoms with E-state index in [1.54, 1.807) is 12.1 Å². The van der Waals surface area contributed by atoms with E-state index >= 15 is 0 Å². The van der Waals surface area contributed by atoms with Crippen molar-refractivity contribution in [1.29, 1.82) is 0 Å². The van der Waals surface area contributed by atoms with Gasteiger partial charge in [-0.15, -0.1) is 0 Å². The first-order valence-corrected chi connectivity index (χ1v) is 5.57. The maximum atomic E-state index is 11.5. The molecule has 0 atom stereocenters. The van der Waals surface area contributed by atoms with Gasteiger partial charge in [-0.3, -0.25) is 4.79 Å². The zero-order valence-electron chi connectivity index (χ0n) is 9.50. The molecule has 3 rings (SSSR count). The van der Waals surface area contributed by atoms with Gasteiger partial charge in [0.15, 0.2) is 5.43 Å². The minimum atomic E-state index is -0.113. The summed E-state index contributed by atoms with van der Waals surface area (Å²) in [6.45, 7) is 0. The molecule has 0 unspecified atom stereocenters. The molecule has 4 bridgehead atoms. The normalized spacial score (nSPS) is 10.4. The van der Waals surface area contributed by atoms with Crippen LogP contribution in [-0.2, 0) is 0 Å². The van der Waals surface area contributed by atoms with Crippen LogP contribution in [0.2, 0.25) is 0 Å². The van der Waals surface area contributed by atoms with E-state index < -0.39 is 0 Å². The fourth-order valence-corrected chi connectivity index (χ4v) is 1.64. The molecular weight excluding hydrogens is 228 g/mol. The maximum absolute atomic E-state index is 11.5. The van der Waals surface area contributed by atoms with Gasteiger partial charge in [-0.2, -0.15) is 0 Å². The van der Waals surface area contributed by atoms with Gasteiger partial charge < -0.3 is 8.83 Å². The van der Waals surface area contributed by atoms with E-state index in [0.29, 0.717) is 22.3 Å². The van der Waals surface area contributed by atoms with Gasteiger partial charge in [0.2, 0.25) is 0 Å². The lowest BCUT2D eigenvalue weighted by molar-refractivity contribution is 0.661. The molecule has 0 N–H and O–H groups in total. The molecule has 3 heteroatoms. The van der Waals surface area contributed by atoms with Gasteiger partial charge in [0, 0.05) is 0 Å². The van der Waals surface area contributed by atoms with Gasteiger partial charge in [0.1, 0.15) is 22.3 Å². The van der Waals surface area contributed by atoms with E-state index in [9.17, 15) is 4.79 Å². The third kappa shape index (κ3) is 2.25. The van der Waals surface area contributed by atoms with E-state index in [1.165, 1.54) is 12.1 Å². The van der Waals surface area contributed by atoms with Gasteiger partial charge >= 0.3 is 0 Å². The zero-order valence-corrected chi connectivity index (χ0v) is 9.50. The zero-order chi connectivity index (χ0) is 12.4. The Bertz CT molecular complexity index is 743. The highest BCUT2D eigenvalue weighted by Gasteiger charge is 1.90. The summed E-state index contributed by atoms with van der Waals surface area (Å²) in [5.41, 5.74) is 2.61. The third-order valence-corrected chi connectivity index (χ3v) is 2.53. The van der Waals surface area contributed by atoms with Crippen molar-refractivity contribution >= 4 is 22.3 Å². The fourth-order valence-electron chi connectivity index (χ4n) is 1.64. The summed E-state index contributed by atoms with van der Waals surface area (Å²) >= 11 is 0. The highest BCUT2D eigenvalue weighted by Crippen LogP contribution is 2.11. The molecule has 3 heterocycles. The predicted molar refractivity (Wildman–Crippen MR) is 69.9 cm³/mol. The van der Waals surface area contributed by atoms with Crippen molar-refractivity contribution in [3.63, 3.8) is 0 Å². The Morgan fingerprint density at radius 1 is 0.500 bits per heavy atom.